The lowest BCUT2D eigenvalue weighted by Gasteiger charge is -2.16. The van der Waals surface area contributed by atoms with Crippen molar-refractivity contribution in [3.8, 4) is 0 Å². The summed E-state index contributed by atoms with van der Waals surface area (Å²) < 4.78 is 26.3. The SMILES string of the molecule is Cc1csc(CCl)c1S(=O)(=O)N1CCCC1. The molecule has 1 fully saturated rings. The first kappa shape index (κ1) is 12.4. The van der Waals surface area contributed by atoms with Crippen LogP contribution in [0.5, 0.6) is 0 Å². The summed E-state index contributed by atoms with van der Waals surface area (Å²) in [6.07, 6.45) is 1.91. The van der Waals surface area contributed by atoms with Crippen LogP contribution in [0.15, 0.2) is 10.3 Å². The first-order chi connectivity index (χ1) is 7.57. The minimum Gasteiger partial charge on any atom is -0.207 e. The summed E-state index contributed by atoms with van der Waals surface area (Å²) in [4.78, 5) is 1.19. The highest BCUT2D eigenvalue weighted by Gasteiger charge is 2.31. The molecular weight excluding hydrogens is 266 g/mol. The molecule has 0 amide bonds. The van der Waals surface area contributed by atoms with Gasteiger partial charge in [0.2, 0.25) is 10.0 Å². The fraction of sp³-hybridized carbons (Fsp3) is 0.600. The van der Waals surface area contributed by atoms with E-state index in [-0.39, 0.29) is 5.88 Å². The molecule has 0 spiro atoms. The average Bonchev–Trinajstić information content (AvgIpc) is 2.85. The first-order valence-electron chi connectivity index (χ1n) is 5.20. The van der Waals surface area contributed by atoms with Gasteiger partial charge >= 0.3 is 0 Å². The molecule has 6 heteroatoms. The Morgan fingerprint density at radius 2 is 2.06 bits per heavy atom. The number of rotatable bonds is 3. The summed E-state index contributed by atoms with van der Waals surface area (Å²) in [5, 5.41) is 1.86. The van der Waals surface area contributed by atoms with Crippen LogP contribution in [-0.4, -0.2) is 25.8 Å². The van der Waals surface area contributed by atoms with Crippen LogP contribution in [0.4, 0.5) is 0 Å². The topological polar surface area (TPSA) is 37.4 Å². The van der Waals surface area contributed by atoms with Gasteiger partial charge in [-0.25, -0.2) is 8.42 Å². The molecule has 0 bridgehead atoms. The molecule has 1 aromatic heterocycles. The van der Waals surface area contributed by atoms with Gasteiger partial charge in [-0.3, -0.25) is 0 Å². The molecule has 1 aromatic rings. The highest BCUT2D eigenvalue weighted by Crippen LogP contribution is 2.31. The second kappa shape index (κ2) is 4.64. The van der Waals surface area contributed by atoms with Gasteiger partial charge < -0.3 is 0 Å². The molecule has 1 aliphatic rings. The van der Waals surface area contributed by atoms with Crippen LogP contribution in [0.1, 0.15) is 23.3 Å². The number of alkyl halides is 1. The third-order valence-corrected chi connectivity index (χ3v) is 6.56. The Bertz CT molecular complexity index is 475. The van der Waals surface area contributed by atoms with Gasteiger partial charge in [-0.15, -0.1) is 22.9 Å². The predicted molar refractivity (Wildman–Crippen MR) is 66.6 cm³/mol. The summed E-state index contributed by atoms with van der Waals surface area (Å²) in [5.74, 6) is 0.265. The van der Waals surface area contributed by atoms with Gasteiger partial charge in [0.05, 0.1) is 5.88 Å². The normalized spacial score (nSPS) is 18.1. The molecule has 0 aromatic carbocycles. The molecule has 0 radical (unpaired) electrons. The molecule has 0 saturated carbocycles. The average molecular weight is 280 g/mol. The van der Waals surface area contributed by atoms with Gasteiger partial charge in [-0.2, -0.15) is 4.31 Å². The van der Waals surface area contributed by atoms with Crippen molar-refractivity contribution < 1.29 is 8.42 Å². The third-order valence-electron chi connectivity index (χ3n) is 2.77. The Morgan fingerprint density at radius 3 is 2.62 bits per heavy atom. The Hall–Kier alpha value is -0.100. The first-order valence-corrected chi connectivity index (χ1v) is 8.06. The van der Waals surface area contributed by atoms with E-state index in [9.17, 15) is 8.42 Å². The van der Waals surface area contributed by atoms with Crippen LogP contribution in [-0.2, 0) is 15.9 Å². The number of halogens is 1. The van der Waals surface area contributed by atoms with Gasteiger partial charge in [-0.05, 0) is 30.7 Å². The smallest absolute Gasteiger partial charge is 0.207 e. The maximum Gasteiger partial charge on any atom is 0.244 e. The van der Waals surface area contributed by atoms with E-state index in [0.29, 0.717) is 18.0 Å². The number of hydrogen-bond donors (Lipinski definition) is 0. The highest BCUT2D eigenvalue weighted by molar-refractivity contribution is 7.89. The molecule has 2 heterocycles. The zero-order chi connectivity index (χ0) is 11.8. The molecule has 90 valence electrons. The van der Waals surface area contributed by atoms with Gasteiger partial charge in [-0.1, -0.05) is 0 Å². The Balaban J connectivity index is 2.45. The van der Waals surface area contributed by atoms with Crippen molar-refractivity contribution >= 4 is 33.0 Å². The Morgan fingerprint density at radius 1 is 1.44 bits per heavy atom. The molecule has 1 aliphatic heterocycles. The second-order valence-electron chi connectivity index (χ2n) is 3.92. The van der Waals surface area contributed by atoms with E-state index in [0.717, 1.165) is 23.3 Å². The maximum atomic E-state index is 12.4. The number of hydrogen-bond acceptors (Lipinski definition) is 3. The molecule has 0 unspecified atom stereocenters. The molecule has 16 heavy (non-hydrogen) atoms. The molecule has 0 aliphatic carbocycles. The zero-order valence-electron chi connectivity index (χ0n) is 9.07. The van der Waals surface area contributed by atoms with Crippen LogP contribution in [0.25, 0.3) is 0 Å². The van der Waals surface area contributed by atoms with E-state index < -0.39 is 10.0 Å². The van der Waals surface area contributed by atoms with E-state index in [1.165, 1.54) is 11.3 Å². The van der Waals surface area contributed by atoms with Crippen molar-refractivity contribution in [2.24, 2.45) is 0 Å². The zero-order valence-corrected chi connectivity index (χ0v) is 11.5. The summed E-state index contributed by atoms with van der Waals surface area (Å²) >= 11 is 7.21. The lowest BCUT2D eigenvalue weighted by atomic mass is 10.3. The minimum absolute atomic E-state index is 0.265. The lowest BCUT2D eigenvalue weighted by Crippen LogP contribution is -2.28. The molecule has 0 N–H and O–H groups in total. The fourth-order valence-corrected chi connectivity index (χ4v) is 5.51. The second-order valence-corrected chi connectivity index (χ2v) is 7.02. The van der Waals surface area contributed by atoms with Crippen molar-refractivity contribution in [2.45, 2.75) is 30.5 Å². The van der Waals surface area contributed by atoms with Crippen LogP contribution < -0.4 is 0 Å². The predicted octanol–water partition coefficient (Wildman–Crippen LogP) is 2.58. The van der Waals surface area contributed by atoms with Crippen molar-refractivity contribution in [1.82, 2.24) is 4.31 Å². The van der Waals surface area contributed by atoms with Crippen molar-refractivity contribution in [3.05, 3.63) is 15.8 Å². The highest BCUT2D eigenvalue weighted by atomic mass is 35.5. The van der Waals surface area contributed by atoms with Crippen molar-refractivity contribution in [2.75, 3.05) is 13.1 Å². The number of sulfonamides is 1. The molecule has 3 nitrogen and oxygen atoms in total. The van der Waals surface area contributed by atoms with E-state index in [1.54, 1.807) is 4.31 Å². The Kier molecular flexibility index (Phi) is 3.59. The van der Waals surface area contributed by atoms with Crippen molar-refractivity contribution in [1.29, 1.82) is 0 Å². The van der Waals surface area contributed by atoms with E-state index in [4.69, 9.17) is 11.6 Å². The quantitative estimate of drug-likeness (QED) is 0.798. The lowest BCUT2D eigenvalue weighted by molar-refractivity contribution is 0.477. The molecule has 1 saturated heterocycles. The number of nitrogens with zero attached hydrogens (tertiary/aromatic N) is 1. The van der Waals surface area contributed by atoms with E-state index in [1.807, 2.05) is 12.3 Å². The van der Waals surface area contributed by atoms with Crippen LogP contribution in [0, 0.1) is 6.92 Å². The van der Waals surface area contributed by atoms with Gasteiger partial charge in [0.25, 0.3) is 0 Å². The van der Waals surface area contributed by atoms with Crippen molar-refractivity contribution in [3.63, 3.8) is 0 Å². The minimum atomic E-state index is -3.31. The van der Waals surface area contributed by atoms with E-state index in [2.05, 4.69) is 0 Å². The summed E-state index contributed by atoms with van der Waals surface area (Å²) in [5.41, 5.74) is 0.813. The molecule has 2 rings (SSSR count). The monoisotopic (exact) mass is 279 g/mol. The van der Waals surface area contributed by atoms with Gasteiger partial charge in [0.15, 0.2) is 0 Å². The van der Waals surface area contributed by atoms with Crippen LogP contribution in [0.3, 0.4) is 0 Å². The summed E-state index contributed by atoms with van der Waals surface area (Å²) in [6, 6.07) is 0. The summed E-state index contributed by atoms with van der Waals surface area (Å²) in [7, 11) is -3.31. The Labute approximate surface area is 105 Å². The molecule has 0 atom stereocenters. The summed E-state index contributed by atoms with van der Waals surface area (Å²) in [6.45, 7) is 3.11. The van der Waals surface area contributed by atoms with E-state index >= 15 is 0 Å². The molecular formula is C10H14ClNO2S2. The number of aryl methyl sites for hydroxylation is 1. The van der Waals surface area contributed by atoms with Gasteiger partial charge in [0, 0.05) is 18.0 Å². The largest absolute Gasteiger partial charge is 0.244 e. The third kappa shape index (κ3) is 2.01. The van der Waals surface area contributed by atoms with Gasteiger partial charge in [0.1, 0.15) is 4.90 Å². The fourth-order valence-electron chi connectivity index (χ4n) is 1.98. The van der Waals surface area contributed by atoms with Crippen LogP contribution in [0.2, 0.25) is 0 Å². The maximum absolute atomic E-state index is 12.4. The van der Waals surface area contributed by atoms with Crippen LogP contribution >= 0.6 is 22.9 Å². The number of thiophene rings is 1. The standard InChI is InChI=1S/C10H14ClNO2S2/c1-8-7-15-9(6-11)10(8)16(13,14)12-4-2-3-5-12/h7H,2-6H2,1H3.